The Morgan fingerprint density at radius 2 is 1.94 bits per heavy atom. The number of benzene rings is 1. The van der Waals surface area contributed by atoms with Gasteiger partial charge in [0.1, 0.15) is 11.5 Å². The second-order valence-electron chi connectivity index (χ2n) is 3.88. The van der Waals surface area contributed by atoms with Gasteiger partial charge in [-0.3, -0.25) is 0 Å². The van der Waals surface area contributed by atoms with E-state index in [4.69, 9.17) is 4.74 Å². The van der Waals surface area contributed by atoms with Crippen LogP contribution in [0, 0.1) is 13.8 Å². The van der Waals surface area contributed by atoms with E-state index in [1.807, 2.05) is 26.0 Å². The smallest absolute Gasteiger partial charge is 0.222 e. The summed E-state index contributed by atoms with van der Waals surface area (Å²) in [5.74, 6) is 1.31. The number of aromatic nitrogens is 1. The summed E-state index contributed by atoms with van der Waals surface area (Å²) in [6.45, 7) is 3.82. The van der Waals surface area contributed by atoms with Gasteiger partial charge in [-0.15, -0.1) is 0 Å². The zero-order valence-electron chi connectivity index (χ0n) is 9.57. The number of pyridine rings is 1. The predicted octanol–water partition coefficient (Wildman–Crippen LogP) is 3.96. The minimum Gasteiger partial charge on any atom is -0.508 e. The van der Waals surface area contributed by atoms with Crippen LogP contribution < -0.4 is 4.74 Å². The number of halogens is 1. The standard InChI is InChI=1S/C13H12BrNO2/c1-8-3-11(16)6-12(4-8)17-13-9(2)5-10(14)7-15-13/h3-7,16H,1-2H3. The summed E-state index contributed by atoms with van der Waals surface area (Å²) in [6, 6.07) is 7.02. The van der Waals surface area contributed by atoms with Gasteiger partial charge in [0.2, 0.25) is 5.88 Å². The fourth-order valence-electron chi connectivity index (χ4n) is 1.53. The minimum atomic E-state index is 0.190. The van der Waals surface area contributed by atoms with E-state index in [-0.39, 0.29) is 5.75 Å². The normalized spacial score (nSPS) is 10.3. The van der Waals surface area contributed by atoms with Gasteiger partial charge in [-0.05, 0) is 53.5 Å². The van der Waals surface area contributed by atoms with Crippen molar-refractivity contribution in [3.05, 3.63) is 46.1 Å². The molecule has 0 atom stereocenters. The van der Waals surface area contributed by atoms with Gasteiger partial charge in [0, 0.05) is 22.3 Å². The van der Waals surface area contributed by atoms with E-state index < -0.39 is 0 Å². The number of phenols is 1. The molecule has 2 rings (SSSR count). The van der Waals surface area contributed by atoms with E-state index in [0.717, 1.165) is 15.6 Å². The molecule has 0 aliphatic rings. The van der Waals surface area contributed by atoms with E-state index in [2.05, 4.69) is 20.9 Å². The third-order valence-corrected chi connectivity index (χ3v) is 2.68. The first-order valence-electron chi connectivity index (χ1n) is 5.15. The zero-order valence-corrected chi connectivity index (χ0v) is 11.2. The van der Waals surface area contributed by atoms with Gasteiger partial charge in [-0.1, -0.05) is 0 Å². The first-order chi connectivity index (χ1) is 8.04. The zero-order chi connectivity index (χ0) is 12.4. The maximum Gasteiger partial charge on any atom is 0.222 e. The maximum absolute atomic E-state index is 9.48. The Kier molecular flexibility index (Phi) is 3.33. The molecule has 0 saturated carbocycles. The van der Waals surface area contributed by atoms with E-state index in [1.54, 1.807) is 18.3 Å². The molecule has 0 spiro atoms. The number of aryl methyl sites for hydroxylation is 2. The molecule has 17 heavy (non-hydrogen) atoms. The third-order valence-electron chi connectivity index (χ3n) is 2.25. The number of nitrogens with zero attached hydrogens (tertiary/aromatic N) is 1. The first-order valence-corrected chi connectivity index (χ1v) is 5.94. The summed E-state index contributed by atoms with van der Waals surface area (Å²) in [5.41, 5.74) is 1.87. The van der Waals surface area contributed by atoms with Crippen molar-refractivity contribution in [1.29, 1.82) is 0 Å². The maximum atomic E-state index is 9.48. The van der Waals surface area contributed by atoms with Crippen LogP contribution in [0.5, 0.6) is 17.4 Å². The molecule has 1 N–H and O–H groups in total. The van der Waals surface area contributed by atoms with E-state index >= 15 is 0 Å². The van der Waals surface area contributed by atoms with Gasteiger partial charge in [0.05, 0.1) is 0 Å². The van der Waals surface area contributed by atoms with Crippen molar-refractivity contribution in [2.45, 2.75) is 13.8 Å². The van der Waals surface area contributed by atoms with Crippen molar-refractivity contribution in [3.8, 4) is 17.4 Å². The fourth-order valence-corrected chi connectivity index (χ4v) is 1.98. The van der Waals surface area contributed by atoms with Crippen molar-refractivity contribution in [2.75, 3.05) is 0 Å². The molecule has 3 nitrogen and oxygen atoms in total. The van der Waals surface area contributed by atoms with Crippen LogP contribution in [0.25, 0.3) is 0 Å². The molecule has 88 valence electrons. The van der Waals surface area contributed by atoms with E-state index in [9.17, 15) is 5.11 Å². The molecule has 1 heterocycles. The Morgan fingerprint density at radius 1 is 1.18 bits per heavy atom. The topological polar surface area (TPSA) is 42.4 Å². The average Bonchev–Trinajstić information content (AvgIpc) is 2.21. The lowest BCUT2D eigenvalue weighted by Gasteiger charge is -2.08. The van der Waals surface area contributed by atoms with Crippen molar-refractivity contribution < 1.29 is 9.84 Å². The average molecular weight is 294 g/mol. The molecule has 0 bridgehead atoms. The highest BCUT2D eigenvalue weighted by atomic mass is 79.9. The number of phenolic OH excluding ortho intramolecular Hbond substituents is 1. The lowest BCUT2D eigenvalue weighted by molar-refractivity contribution is 0.442. The van der Waals surface area contributed by atoms with Gasteiger partial charge in [-0.25, -0.2) is 4.98 Å². The van der Waals surface area contributed by atoms with Crippen molar-refractivity contribution in [1.82, 2.24) is 4.98 Å². The summed E-state index contributed by atoms with van der Waals surface area (Å²) in [7, 11) is 0. The molecule has 0 aliphatic heterocycles. The van der Waals surface area contributed by atoms with Gasteiger partial charge >= 0.3 is 0 Å². The van der Waals surface area contributed by atoms with E-state index in [1.165, 1.54) is 0 Å². The number of rotatable bonds is 2. The summed E-state index contributed by atoms with van der Waals surface area (Å²) < 4.78 is 6.55. The summed E-state index contributed by atoms with van der Waals surface area (Å²) >= 11 is 3.35. The molecule has 0 fully saturated rings. The lowest BCUT2D eigenvalue weighted by atomic mass is 10.2. The predicted molar refractivity (Wildman–Crippen MR) is 69.6 cm³/mol. The number of ether oxygens (including phenoxy) is 1. The second-order valence-corrected chi connectivity index (χ2v) is 4.80. The first kappa shape index (κ1) is 11.9. The number of hydrogen-bond acceptors (Lipinski definition) is 3. The van der Waals surface area contributed by atoms with Crippen molar-refractivity contribution in [3.63, 3.8) is 0 Å². The minimum absolute atomic E-state index is 0.190. The molecule has 0 radical (unpaired) electrons. The Labute approximate surface area is 108 Å². The van der Waals surface area contributed by atoms with Crippen LogP contribution in [0.3, 0.4) is 0 Å². The van der Waals surface area contributed by atoms with Gasteiger partial charge < -0.3 is 9.84 Å². The number of hydrogen-bond donors (Lipinski definition) is 1. The van der Waals surface area contributed by atoms with Gasteiger partial charge in [0.15, 0.2) is 0 Å². The van der Waals surface area contributed by atoms with Crippen LogP contribution in [0.4, 0.5) is 0 Å². The van der Waals surface area contributed by atoms with Crippen molar-refractivity contribution in [2.24, 2.45) is 0 Å². The highest BCUT2D eigenvalue weighted by molar-refractivity contribution is 9.10. The van der Waals surface area contributed by atoms with Crippen LogP contribution in [0.15, 0.2) is 34.9 Å². The number of aromatic hydroxyl groups is 1. The van der Waals surface area contributed by atoms with E-state index in [0.29, 0.717) is 11.6 Å². The molecular weight excluding hydrogens is 282 g/mol. The Balaban J connectivity index is 2.31. The molecular formula is C13H12BrNO2. The molecule has 0 amide bonds. The molecule has 0 unspecified atom stereocenters. The SMILES string of the molecule is Cc1cc(O)cc(Oc2ncc(Br)cc2C)c1. The van der Waals surface area contributed by atoms with Crippen LogP contribution >= 0.6 is 15.9 Å². The summed E-state index contributed by atoms with van der Waals surface area (Å²) in [5, 5.41) is 9.48. The molecule has 4 heteroatoms. The molecule has 2 aromatic rings. The van der Waals surface area contributed by atoms with Gasteiger partial charge in [0.25, 0.3) is 0 Å². The molecule has 1 aromatic carbocycles. The van der Waals surface area contributed by atoms with Crippen LogP contribution in [0.1, 0.15) is 11.1 Å². The van der Waals surface area contributed by atoms with Crippen LogP contribution in [-0.4, -0.2) is 10.1 Å². The second kappa shape index (κ2) is 4.75. The highest BCUT2D eigenvalue weighted by Crippen LogP contribution is 2.28. The quantitative estimate of drug-likeness (QED) is 0.911. The Morgan fingerprint density at radius 3 is 2.59 bits per heavy atom. The fraction of sp³-hybridized carbons (Fsp3) is 0.154. The molecule has 1 aromatic heterocycles. The van der Waals surface area contributed by atoms with Crippen LogP contribution in [-0.2, 0) is 0 Å². The summed E-state index contributed by atoms with van der Waals surface area (Å²) in [6.07, 6.45) is 1.68. The highest BCUT2D eigenvalue weighted by Gasteiger charge is 2.05. The lowest BCUT2D eigenvalue weighted by Crippen LogP contribution is -1.91. The molecule has 0 saturated heterocycles. The van der Waals surface area contributed by atoms with Crippen molar-refractivity contribution >= 4 is 15.9 Å². The molecule has 0 aliphatic carbocycles. The summed E-state index contributed by atoms with van der Waals surface area (Å²) in [4.78, 5) is 4.18. The third kappa shape index (κ3) is 2.97. The monoisotopic (exact) mass is 293 g/mol. The van der Waals surface area contributed by atoms with Gasteiger partial charge in [-0.2, -0.15) is 0 Å². The Hall–Kier alpha value is -1.55. The largest absolute Gasteiger partial charge is 0.508 e. The Bertz CT molecular complexity index is 535. The van der Waals surface area contributed by atoms with Crippen LogP contribution in [0.2, 0.25) is 0 Å².